The second-order valence-corrected chi connectivity index (χ2v) is 10.4. The van der Waals surface area contributed by atoms with E-state index in [0.717, 1.165) is 39.8 Å². The number of fused-ring (bicyclic) bond motifs is 1. The van der Waals surface area contributed by atoms with Gasteiger partial charge in [-0.05, 0) is 54.8 Å². The third-order valence-corrected chi connectivity index (χ3v) is 7.19. The smallest absolute Gasteiger partial charge is 0.225 e. The molecular weight excluding hydrogens is 510 g/mol. The monoisotopic (exact) mass is 537 g/mol. The Bertz CT molecular complexity index is 1370. The number of carbonyl (C=O) groups excluding carboxylic acids is 1. The third kappa shape index (κ3) is 4.68. The van der Waals surface area contributed by atoms with Crippen molar-refractivity contribution in [3.63, 3.8) is 0 Å². The summed E-state index contributed by atoms with van der Waals surface area (Å²) in [6.45, 7) is 4.55. The fourth-order valence-corrected chi connectivity index (χ4v) is 5.14. The van der Waals surface area contributed by atoms with E-state index >= 15 is 0 Å². The number of carbonyl (C=O) groups is 1. The molecule has 0 unspecified atom stereocenters. The fraction of sp³-hybridized carbons (Fsp3) is 0.360. The Labute approximate surface area is 211 Å². The van der Waals surface area contributed by atoms with Gasteiger partial charge in [0.1, 0.15) is 5.82 Å². The molecule has 0 saturated carbocycles. The quantitative estimate of drug-likeness (QED) is 0.400. The van der Waals surface area contributed by atoms with Crippen molar-refractivity contribution in [2.45, 2.75) is 44.6 Å². The molecular formula is C25H28BrN7O2. The molecule has 5 rings (SSSR count). The number of piperidine rings is 1. The SMILES string of the molecule is CC(C)(O)CC(=O)N1CCC(c2nc3c(-c4cnn(-c5ccccc5)c4)cnn3c(N)c2Br)CC1. The first-order valence-corrected chi connectivity index (χ1v) is 12.4. The van der Waals surface area contributed by atoms with E-state index in [1.165, 1.54) is 0 Å². The molecule has 1 aliphatic rings. The van der Waals surface area contributed by atoms with Crippen LogP contribution in [-0.2, 0) is 4.79 Å². The van der Waals surface area contributed by atoms with Crippen LogP contribution >= 0.6 is 15.9 Å². The second-order valence-electron chi connectivity index (χ2n) is 9.64. The van der Waals surface area contributed by atoms with Gasteiger partial charge < -0.3 is 15.7 Å². The molecule has 9 nitrogen and oxygen atoms in total. The summed E-state index contributed by atoms with van der Waals surface area (Å²) in [5.74, 6) is 0.622. The molecule has 1 aromatic carbocycles. The summed E-state index contributed by atoms with van der Waals surface area (Å²) in [6, 6.07) is 9.91. The number of anilines is 1. The van der Waals surface area contributed by atoms with Gasteiger partial charge >= 0.3 is 0 Å². The predicted molar refractivity (Wildman–Crippen MR) is 137 cm³/mol. The molecule has 3 aromatic heterocycles. The Morgan fingerprint density at radius 3 is 2.57 bits per heavy atom. The number of para-hydroxylation sites is 1. The number of likely N-dealkylation sites (tertiary alicyclic amines) is 1. The van der Waals surface area contributed by atoms with Gasteiger partial charge in [0, 0.05) is 36.3 Å². The molecule has 0 spiro atoms. The van der Waals surface area contributed by atoms with Crippen LogP contribution in [0.1, 0.15) is 44.7 Å². The minimum absolute atomic E-state index is 0.0218. The number of hydrogen-bond acceptors (Lipinski definition) is 6. The van der Waals surface area contributed by atoms with Crippen LogP contribution in [0.15, 0.2) is 53.4 Å². The molecule has 182 valence electrons. The van der Waals surface area contributed by atoms with Crippen LogP contribution in [0.25, 0.3) is 22.5 Å². The van der Waals surface area contributed by atoms with Crippen LogP contribution in [0.4, 0.5) is 5.82 Å². The molecule has 0 bridgehead atoms. The van der Waals surface area contributed by atoms with Gasteiger partial charge in [-0.25, -0.2) is 9.67 Å². The lowest BCUT2D eigenvalue weighted by atomic mass is 9.92. The fourth-order valence-electron chi connectivity index (χ4n) is 4.56. The van der Waals surface area contributed by atoms with Crippen molar-refractivity contribution in [3.8, 4) is 16.8 Å². The molecule has 1 saturated heterocycles. The van der Waals surface area contributed by atoms with Gasteiger partial charge in [-0.15, -0.1) is 0 Å². The maximum Gasteiger partial charge on any atom is 0.225 e. The summed E-state index contributed by atoms with van der Waals surface area (Å²) in [4.78, 5) is 19.4. The van der Waals surface area contributed by atoms with E-state index in [0.29, 0.717) is 24.6 Å². The van der Waals surface area contributed by atoms with Gasteiger partial charge in [0.2, 0.25) is 5.91 Å². The maximum atomic E-state index is 12.5. The highest BCUT2D eigenvalue weighted by atomic mass is 79.9. The zero-order valence-corrected chi connectivity index (χ0v) is 21.3. The minimum atomic E-state index is -1.01. The molecule has 4 heterocycles. The van der Waals surface area contributed by atoms with Gasteiger partial charge in [0.15, 0.2) is 5.65 Å². The van der Waals surface area contributed by atoms with Crippen LogP contribution in [-0.4, -0.2) is 59.0 Å². The number of benzene rings is 1. The van der Waals surface area contributed by atoms with Crippen molar-refractivity contribution < 1.29 is 9.90 Å². The van der Waals surface area contributed by atoms with Crippen LogP contribution in [0.5, 0.6) is 0 Å². The summed E-state index contributed by atoms with van der Waals surface area (Å²) in [7, 11) is 0. The van der Waals surface area contributed by atoms with Crippen molar-refractivity contribution in [1.29, 1.82) is 0 Å². The highest BCUT2D eigenvalue weighted by Gasteiger charge is 2.30. The lowest BCUT2D eigenvalue weighted by Crippen LogP contribution is -2.41. The van der Waals surface area contributed by atoms with E-state index in [-0.39, 0.29) is 18.2 Å². The summed E-state index contributed by atoms with van der Waals surface area (Å²) in [5.41, 5.74) is 9.72. The molecule has 10 heteroatoms. The summed E-state index contributed by atoms with van der Waals surface area (Å²) in [5, 5.41) is 19.0. The average molecular weight is 538 g/mol. The first kappa shape index (κ1) is 23.5. The molecule has 1 aliphatic heterocycles. The number of aliphatic hydroxyl groups is 1. The van der Waals surface area contributed by atoms with Crippen molar-refractivity contribution in [2.75, 3.05) is 18.8 Å². The first-order chi connectivity index (χ1) is 16.7. The maximum absolute atomic E-state index is 12.5. The summed E-state index contributed by atoms with van der Waals surface area (Å²) < 4.78 is 4.20. The Morgan fingerprint density at radius 1 is 1.17 bits per heavy atom. The number of aromatic nitrogens is 5. The molecule has 1 fully saturated rings. The average Bonchev–Trinajstić information content (AvgIpc) is 3.48. The minimum Gasteiger partial charge on any atom is -0.390 e. The van der Waals surface area contributed by atoms with Crippen LogP contribution in [0.2, 0.25) is 0 Å². The van der Waals surface area contributed by atoms with Gasteiger partial charge in [-0.3, -0.25) is 4.79 Å². The third-order valence-electron chi connectivity index (χ3n) is 6.38. The highest BCUT2D eigenvalue weighted by molar-refractivity contribution is 9.10. The molecule has 3 N–H and O–H groups in total. The van der Waals surface area contributed by atoms with Crippen LogP contribution in [0.3, 0.4) is 0 Å². The summed E-state index contributed by atoms with van der Waals surface area (Å²) >= 11 is 3.64. The molecule has 35 heavy (non-hydrogen) atoms. The Kier molecular flexibility index (Phi) is 6.10. The number of nitrogens with two attached hydrogens (primary N) is 1. The van der Waals surface area contributed by atoms with Crippen molar-refractivity contribution >= 4 is 33.3 Å². The zero-order chi connectivity index (χ0) is 24.7. The van der Waals surface area contributed by atoms with Crippen LogP contribution in [0, 0.1) is 0 Å². The van der Waals surface area contributed by atoms with Crippen LogP contribution < -0.4 is 5.73 Å². The topological polar surface area (TPSA) is 115 Å². The van der Waals surface area contributed by atoms with E-state index in [2.05, 4.69) is 26.1 Å². The largest absolute Gasteiger partial charge is 0.390 e. The summed E-state index contributed by atoms with van der Waals surface area (Å²) in [6.07, 6.45) is 7.19. The highest BCUT2D eigenvalue weighted by Crippen LogP contribution is 2.37. The van der Waals surface area contributed by atoms with Gasteiger partial charge in [-0.2, -0.15) is 14.7 Å². The normalized spacial score (nSPS) is 15.1. The Hall–Kier alpha value is -3.24. The molecule has 0 atom stereocenters. The number of nitrogen functional groups attached to an aromatic ring is 1. The molecule has 4 aromatic rings. The van der Waals surface area contributed by atoms with E-state index in [1.54, 1.807) is 30.8 Å². The van der Waals surface area contributed by atoms with E-state index in [4.69, 9.17) is 10.7 Å². The van der Waals surface area contributed by atoms with Gasteiger partial charge in [-0.1, -0.05) is 18.2 Å². The second kappa shape index (κ2) is 9.09. The predicted octanol–water partition coefficient (Wildman–Crippen LogP) is 3.79. The Balaban J connectivity index is 1.42. The van der Waals surface area contributed by atoms with Crippen molar-refractivity contribution in [3.05, 3.63) is 59.1 Å². The van der Waals surface area contributed by atoms with Crippen molar-refractivity contribution in [1.82, 2.24) is 29.3 Å². The zero-order valence-electron chi connectivity index (χ0n) is 19.7. The van der Waals surface area contributed by atoms with Crippen molar-refractivity contribution in [2.24, 2.45) is 0 Å². The number of halogens is 1. The lowest BCUT2D eigenvalue weighted by molar-refractivity contribution is -0.136. The van der Waals surface area contributed by atoms with E-state index in [9.17, 15) is 9.90 Å². The van der Waals surface area contributed by atoms with E-state index < -0.39 is 5.60 Å². The standard InChI is InChI=1S/C25H28BrN7O2/c1-25(2,35)12-20(34)31-10-8-16(9-11-31)22-21(26)23(27)33-24(30-22)19(14-29-33)17-13-28-32(15-17)18-6-4-3-5-7-18/h3-7,13-16,35H,8-12,27H2,1-2H3. The first-order valence-electron chi connectivity index (χ1n) is 11.6. The number of amides is 1. The van der Waals surface area contributed by atoms with Gasteiger partial charge in [0.25, 0.3) is 0 Å². The van der Waals surface area contributed by atoms with E-state index in [1.807, 2.05) is 46.1 Å². The number of nitrogens with zero attached hydrogens (tertiary/aromatic N) is 6. The Morgan fingerprint density at radius 2 is 1.89 bits per heavy atom. The van der Waals surface area contributed by atoms with Gasteiger partial charge in [0.05, 0.1) is 40.3 Å². The number of hydrogen-bond donors (Lipinski definition) is 2. The lowest BCUT2D eigenvalue weighted by Gasteiger charge is -2.33. The molecule has 1 amide bonds. The molecule has 0 aliphatic carbocycles. The number of rotatable bonds is 5. The molecule has 0 radical (unpaired) electrons.